The minimum Gasteiger partial charge on any atom is -0.508 e. The molecule has 0 radical (unpaired) electrons. The van der Waals surface area contributed by atoms with Crippen molar-refractivity contribution in [1.29, 1.82) is 0 Å². The van der Waals surface area contributed by atoms with Gasteiger partial charge in [-0.2, -0.15) is 0 Å². The van der Waals surface area contributed by atoms with Gasteiger partial charge in [0, 0.05) is 0 Å². The average molecular weight is 232 g/mol. The third-order valence-electron chi connectivity index (χ3n) is 1.55. The van der Waals surface area contributed by atoms with E-state index in [9.17, 15) is 0 Å². The fourth-order valence-electron chi connectivity index (χ4n) is 0.777. The Morgan fingerprint density at radius 2 is 1.65 bits per heavy atom. The Morgan fingerprint density at radius 3 is 1.88 bits per heavy atom. The van der Waals surface area contributed by atoms with Gasteiger partial charge in [-0.1, -0.05) is 68.5 Å². The van der Waals surface area contributed by atoms with Gasteiger partial charge in [-0.3, -0.25) is 0 Å². The average Bonchev–Trinajstić information content (AvgIpc) is 2.34. The number of hydrogen-bond acceptors (Lipinski definition) is 1. The molecular formula is C16H24O. The van der Waals surface area contributed by atoms with E-state index in [1.807, 2.05) is 52.0 Å². The smallest absolute Gasteiger partial charge is 0.115 e. The summed E-state index contributed by atoms with van der Waals surface area (Å²) in [6.45, 7) is 15.1. The van der Waals surface area contributed by atoms with E-state index in [0.29, 0.717) is 5.75 Å². The van der Waals surface area contributed by atoms with Gasteiger partial charge in [0.05, 0.1) is 0 Å². The fraction of sp³-hybridized carbons (Fsp3) is 0.250. The molecule has 0 unspecified atom stereocenters. The predicted molar refractivity (Wildman–Crippen MR) is 78.3 cm³/mol. The van der Waals surface area contributed by atoms with E-state index in [2.05, 4.69) is 13.2 Å². The van der Waals surface area contributed by atoms with Gasteiger partial charge in [0.15, 0.2) is 0 Å². The maximum absolute atomic E-state index is 8.76. The Labute approximate surface area is 106 Å². The summed E-state index contributed by atoms with van der Waals surface area (Å²) in [6.07, 6.45) is 5.50. The zero-order valence-electron chi connectivity index (χ0n) is 11.4. The van der Waals surface area contributed by atoms with Gasteiger partial charge < -0.3 is 5.11 Å². The van der Waals surface area contributed by atoms with Gasteiger partial charge >= 0.3 is 0 Å². The normalized spacial score (nSPS) is 8.47. The van der Waals surface area contributed by atoms with Crippen LogP contribution < -0.4 is 0 Å². The van der Waals surface area contributed by atoms with Crippen LogP contribution in [0, 0.1) is 6.92 Å². The second-order valence-corrected chi connectivity index (χ2v) is 3.28. The number of allylic oxidation sites excluding steroid dienone is 4. The lowest BCUT2D eigenvalue weighted by Crippen LogP contribution is -1.66. The molecule has 0 aliphatic rings. The zero-order valence-corrected chi connectivity index (χ0v) is 11.4. The first-order chi connectivity index (χ1) is 8.06. The van der Waals surface area contributed by atoms with Crippen LogP contribution in [0.1, 0.15) is 26.3 Å². The van der Waals surface area contributed by atoms with Crippen LogP contribution in [0.2, 0.25) is 0 Å². The van der Waals surface area contributed by atoms with Crippen molar-refractivity contribution in [1.82, 2.24) is 0 Å². The molecule has 0 aliphatic heterocycles. The lowest BCUT2D eigenvalue weighted by molar-refractivity contribution is 0.475. The molecule has 0 atom stereocenters. The van der Waals surface area contributed by atoms with Crippen LogP contribution in [0.3, 0.4) is 0 Å². The molecule has 94 valence electrons. The van der Waals surface area contributed by atoms with Crippen molar-refractivity contribution in [3.8, 4) is 5.75 Å². The Hall–Kier alpha value is -1.76. The second-order valence-electron chi connectivity index (χ2n) is 3.28. The Bertz CT molecular complexity index is 310. The van der Waals surface area contributed by atoms with E-state index < -0.39 is 0 Å². The maximum Gasteiger partial charge on any atom is 0.115 e. The van der Waals surface area contributed by atoms with E-state index in [1.54, 1.807) is 18.2 Å². The molecular weight excluding hydrogens is 208 g/mol. The maximum atomic E-state index is 8.76. The first kappa shape index (κ1) is 17.6. The van der Waals surface area contributed by atoms with Crippen LogP contribution in [-0.4, -0.2) is 5.11 Å². The molecule has 0 aromatic heterocycles. The van der Waals surface area contributed by atoms with Gasteiger partial charge in [0.1, 0.15) is 5.75 Å². The SMILES string of the molecule is C=C/C=C\C(=C)C.CC.Cc1ccc(O)cc1. The highest BCUT2D eigenvalue weighted by Crippen LogP contribution is 2.07. The number of phenolic OH excluding ortho intramolecular Hbond substituents is 1. The summed E-state index contributed by atoms with van der Waals surface area (Å²) in [7, 11) is 0. The van der Waals surface area contributed by atoms with Crippen LogP contribution in [0.25, 0.3) is 0 Å². The van der Waals surface area contributed by atoms with E-state index >= 15 is 0 Å². The Morgan fingerprint density at radius 1 is 1.18 bits per heavy atom. The van der Waals surface area contributed by atoms with Crippen molar-refractivity contribution in [2.75, 3.05) is 0 Å². The number of rotatable bonds is 2. The number of hydrogen-bond donors (Lipinski definition) is 1. The Kier molecular flexibility index (Phi) is 12.8. The number of phenols is 1. The summed E-state index contributed by atoms with van der Waals surface area (Å²) in [5.74, 6) is 0.329. The molecule has 1 N–H and O–H groups in total. The van der Waals surface area contributed by atoms with Crippen LogP contribution >= 0.6 is 0 Å². The number of aryl methyl sites for hydroxylation is 1. The molecule has 17 heavy (non-hydrogen) atoms. The highest BCUT2D eigenvalue weighted by molar-refractivity contribution is 5.24. The monoisotopic (exact) mass is 232 g/mol. The second kappa shape index (κ2) is 12.3. The van der Waals surface area contributed by atoms with Gasteiger partial charge in [0.25, 0.3) is 0 Å². The zero-order chi connectivity index (χ0) is 13.7. The fourth-order valence-corrected chi connectivity index (χ4v) is 0.777. The molecule has 0 bridgehead atoms. The molecule has 0 aliphatic carbocycles. The van der Waals surface area contributed by atoms with Gasteiger partial charge in [0.2, 0.25) is 0 Å². The summed E-state index contributed by atoms with van der Waals surface area (Å²) in [5, 5.41) is 8.76. The molecule has 0 fully saturated rings. The molecule has 0 amide bonds. The topological polar surface area (TPSA) is 20.2 Å². The van der Waals surface area contributed by atoms with Crippen LogP contribution in [-0.2, 0) is 0 Å². The van der Waals surface area contributed by atoms with E-state index in [-0.39, 0.29) is 0 Å². The molecule has 0 saturated heterocycles. The standard InChI is InChI=1S/C7H8O.C7H10.C2H6/c1-6-2-4-7(8)5-3-6;1-4-5-6-7(2)3;1-2/h2-5,8H,1H3;4-6H,1-2H2,3H3;1-2H3/b;6-5-;. The van der Waals surface area contributed by atoms with E-state index in [4.69, 9.17) is 5.11 Å². The quantitative estimate of drug-likeness (QED) is 0.709. The summed E-state index contributed by atoms with van der Waals surface area (Å²) in [6, 6.07) is 7.09. The van der Waals surface area contributed by atoms with Crippen molar-refractivity contribution in [3.63, 3.8) is 0 Å². The summed E-state index contributed by atoms with van der Waals surface area (Å²) < 4.78 is 0. The van der Waals surface area contributed by atoms with E-state index in [1.165, 1.54) is 5.56 Å². The molecule has 0 saturated carbocycles. The minimum absolute atomic E-state index is 0.329. The van der Waals surface area contributed by atoms with Crippen molar-refractivity contribution in [2.24, 2.45) is 0 Å². The third kappa shape index (κ3) is 14.2. The van der Waals surface area contributed by atoms with Crippen LogP contribution in [0.15, 0.2) is 61.2 Å². The van der Waals surface area contributed by atoms with Crippen molar-refractivity contribution >= 4 is 0 Å². The molecule has 1 aromatic rings. The van der Waals surface area contributed by atoms with Gasteiger partial charge in [-0.15, -0.1) is 0 Å². The van der Waals surface area contributed by atoms with Crippen LogP contribution in [0.4, 0.5) is 0 Å². The molecule has 1 heteroatoms. The van der Waals surface area contributed by atoms with Crippen molar-refractivity contribution in [3.05, 3.63) is 66.8 Å². The molecule has 0 heterocycles. The number of aromatic hydroxyl groups is 1. The van der Waals surface area contributed by atoms with Gasteiger partial charge in [-0.25, -0.2) is 0 Å². The highest BCUT2D eigenvalue weighted by Gasteiger charge is 1.82. The van der Waals surface area contributed by atoms with Gasteiger partial charge in [-0.05, 0) is 26.0 Å². The minimum atomic E-state index is 0.329. The number of benzene rings is 1. The molecule has 1 rings (SSSR count). The highest BCUT2D eigenvalue weighted by atomic mass is 16.3. The predicted octanol–water partition coefficient (Wildman–Crippen LogP) is 5.03. The third-order valence-corrected chi connectivity index (χ3v) is 1.55. The van der Waals surface area contributed by atoms with E-state index in [0.717, 1.165) is 5.57 Å². The largest absolute Gasteiger partial charge is 0.508 e. The summed E-state index contributed by atoms with van der Waals surface area (Å²) in [5.41, 5.74) is 2.22. The lowest BCUT2D eigenvalue weighted by atomic mass is 10.2. The van der Waals surface area contributed by atoms with Crippen molar-refractivity contribution < 1.29 is 5.11 Å². The molecule has 1 aromatic carbocycles. The van der Waals surface area contributed by atoms with Crippen molar-refractivity contribution in [2.45, 2.75) is 27.7 Å². The Balaban J connectivity index is 0. The van der Waals surface area contributed by atoms with Crippen LogP contribution in [0.5, 0.6) is 5.75 Å². The lowest BCUT2D eigenvalue weighted by Gasteiger charge is -1.89. The first-order valence-corrected chi connectivity index (χ1v) is 5.76. The summed E-state index contributed by atoms with van der Waals surface area (Å²) in [4.78, 5) is 0. The molecule has 1 nitrogen and oxygen atoms in total. The molecule has 0 spiro atoms. The first-order valence-electron chi connectivity index (χ1n) is 5.76. The summed E-state index contributed by atoms with van der Waals surface area (Å²) >= 11 is 0.